The minimum atomic E-state index is -3.15. The predicted molar refractivity (Wildman–Crippen MR) is 81.4 cm³/mol. The Morgan fingerprint density at radius 1 is 1.25 bits per heavy atom. The van der Waals surface area contributed by atoms with Crippen LogP contribution in [0.3, 0.4) is 0 Å². The summed E-state index contributed by atoms with van der Waals surface area (Å²) in [7, 11) is -3.15. The highest BCUT2D eigenvalue weighted by Crippen LogP contribution is 2.23. The fourth-order valence-corrected chi connectivity index (χ4v) is 4.40. The van der Waals surface area contributed by atoms with E-state index in [1.165, 1.54) is 11.8 Å². The molecule has 0 bridgehead atoms. The van der Waals surface area contributed by atoms with E-state index in [0.717, 1.165) is 12.2 Å². The Balaban J connectivity index is 2.17. The van der Waals surface area contributed by atoms with E-state index >= 15 is 0 Å². The van der Waals surface area contributed by atoms with Crippen molar-refractivity contribution >= 4 is 15.8 Å². The molecule has 0 N–H and O–H groups in total. The highest BCUT2D eigenvalue weighted by Gasteiger charge is 2.35. The van der Waals surface area contributed by atoms with Crippen molar-refractivity contribution < 1.29 is 8.42 Å². The zero-order chi connectivity index (χ0) is 14.9. The first-order chi connectivity index (χ1) is 9.32. The zero-order valence-corrected chi connectivity index (χ0v) is 13.4. The monoisotopic (exact) mass is 297 g/mol. The molecule has 0 saturated carbocycles. The summed E-state index contributed by atoms with van der Waals surface area (Å²) in [5.41, 5.74) is 1.21. The molecule has 0 unspecified atom stereocenters. The molecule has 1 fully saturated rings. The summed E-state index contributed by atoms with van der Waals surface area (Å²) in [5.74, 6) is 0.925. The molecule has 0 amide bonds. The van der Waals surface area contributed by atoms with Gasteiger partial charge in [-0.15, -0.1) is 0 Å². The summed E-state index contributed by atoms with van der Waals surface area (Å²) < 4.78 is 25.3. The first kappa shape index (κ1) is 15.3. The number of piperazine rings is 1. The van der Waals surface area contributed by atoms with Crippen LogP contribution in [0, 0.1) is 0 Å². The maximum absolute atomic E-state index is 11.8. The molecule has 2 rings (SSSR count). The lowest BCUT2D eigenvalue weighted by atomic mass is 10.1. The summed E-state index contributed by atoms with van der Waals surface area (Å²) in [5, 5.41) is 0. The van der Waals surface area contributed by atoms with Gasteiger partial charge in [-0.2, -0.15) is 4.31 Å². The van der Waals surface area contributed by atoms with Gasteiger partial charge in [0, 0.05) is 31.4 Å². The van der Waals surface area contributed by atoms with Gasteiger partial charge in [-0.1, -0.05) is 13.0 Å². The molecule has 2 heterocycles. The van der Waals surface area contributed by atoms with E-state index in [-0.39, 0.29) is 12.1 Å². The number of hydrogen-bond acceptors (Lipinski definition) is 4. The highest BCUT2D eigenvalue weighted by atomic mass is 32.2. The average Bonchev–Trinajstić information content (AvgIpc) is 2.36. The third-order valence-corrected chi connectivity index (χ3v) is 5.25. The second kappa shape index (κ2) is 5.69. The molecule has 2 atom stereocenters. The Morgan fingerprint density at radius 2 is 1.85 bits per heavy atom. The number of anilines is 1. The van der Waals surface area contributed by atoms with Gasteiger partial charge in [0.15, 0.2) is 0 Å². The number of rotatable bonds is 3. The first-order valence-corrected chi connectivity index (χ1v) is 8.86. The normalized spacial score (nSPS) is 24.9. The van der Waals surface area contributed by atoms with Crippen molar-refractivity contribution in [1.82, 2.24) is 9.29 Å². The summed E-state index contributed by atoms with van der Waals surface area (Å²) >= 11 is 0. The third kappa shape index (κ3) is 3.12. The van der Waals surface area contributed by atoms with Gasteiger partial charge in [0.2, 0.25) is 10.0 Å². The minimum Gasteiger partial charge on any atom is -0.353 e. The van der Waals surface area contributed by atoms with Gasteiger partial charge >= 0.3 is 0 Å². The topological polar surface area (TPSA) is 53.5 Å². The van der Waals surface area contributed by atoms with E-state index in [2.05, 4.69) is 22.9 Å². The summed E-state index contributed by atoms with van der Waals surface area (Å²) in [6, 6.07) is 4.03. The Kier molecular flexibility index (Phi) is 4.34. The average molecular weight is 297 g/mol. The minimum absolute atomic E-state index is 0.0404. The van der Waals surface area contributed by atoms with Crippen LogP contribution in [0.25, 0.3) is 0 Å². The molecule has 1 aliphatic rings. The SMILES string of the molecule is CCc1ccc(N2C[C@@H](C)N(S(C)(=O)=O)[C@@H](C)C2)nc1. The predicted octanol–water partition coefficient (Wildman–Crippen LogP) is 1.50. The van der Waals surface area contributed by atoms with Crippen molar-refractivity contribution in [2.75, 3.05) is 24.2 Å². The Labute approximate surface area is 121 Å². The fraction of sp³-hybridized carbons (Fsp3) is 0.643. The summed E-state index contributed by atoms with van der Waals surface area (Å²) in [6.45, 7) is 7.35. The van der Waals surface area contributed by atoms with E-state index in [1.807, 2.05) is 26.1 Å². The molecule has 1 aliphatic heterocycles. The van der Waals surface area contributed by atoms with Crippen LogP contribution in [0.4, 0.5) is 5.82 Å². The number of aromatic nitrogens is 1. The fourth-order valence-electron chi connectivity index (χ4n) is 2.96. The maximum Gasteiger partial charge on any atom is 0.211 e. The lowest BCUT2D eigenvalue weighted by Gasteiger charge is -2.43. The number of sulfonamides is 1. The number of aryl methyl sites for hydroxylation is 1. The largest absolute Gasteiger partial charge is 0.353 e. The van der Waals surface area contributed by atoms with Crippen molar-refractivity contribution in [2.45, 2.75) is 39.3 Å². The Bertz CT molecular complexity index is 544. The molecule has 1 aromatic heterocycles. The van der Waals surface area contributed by atoms with Crippen molar-refractivity contribution in [1.29, 1.82) is 0 Å². The van der Waals surface area contributed by atoms with Crippen LogP contribution in [0.2, 0.25) is 0 Å². The molecular weight excluding hydrogens is 274 g/mol. The van der Waals surface area contributed by atoms with Crippen LogP contribution in [-0.4, -0.2) is 49.1 Å². The van der Waals surface area contributed by atoms with Crippen LogP contribution < -0.4 is 4.90 Å². The Morgan fingerprint density at radius 3 is 2.25 bits per heavy atom. The van der Waals surface area contributed by atoms with Gasteiger partial charge in [0.25, 0.3) is 0 Å². The number of hydrogen-bond donors (Lipinski definition) is 0. The van der Waals surface area contributed by atoms with Gasteiger partial charge in [-0.05, 0) is 31.9 Å². The van der Waals surface area contributed by atoms with Crippen LogP contribution >= 0.6 is 0 Å². The quantitative estimate of drug-likeness (QED) is 0.848. The molecule has 1 saturated heterocycles. The van der Waals surface area contributed by atoms with Crippen LogP contribution in [0.15, 0.2) is 18.3 Å². The highest BCUT2D eigenvalue weighted by molar-refractivity contribution is 7.88. The first-order valence-electron chi connectivity index (χ1n) is 7.01. The molecule has 6 heteroatoms. The number of pyridine rings is 1. The second-order valence-corrected chi connectivity index (χ2v) is 7.46. The molecule has 0 radical (unpaired) electrons. The van der Waals surface area contributed by atoms with E-state index in [9.17, 15) is 8.42 Å². The van der Waals surface area contributed by atoms with Gasteiger partial charge in [-0.3, -0.25) is 0 Å². The second-order valence-electron chi connectivity index (χ2n) is 5.57. The van der Waals surface area contributed by atoms with E-state index in [0.29, 0.717) is 13.1 Å². The third-order valence-electron chi connectivity index (χ3n) is 3.76. The molecule has 0 aliphatic carbocycles. The molecule has 20 heavy (non-hydrogen) atoms. The van der Waals surface area contributed by atoms with E-state index < -0.39 is 10.0 Å². The van der Waals surface area contributed by atoms with Gasteiger partial charge < -0.3 is 4.90 Å². The van der Waals surface area contributed by atoms with Crippen LogP contribution in [-0.2, 0) is 16.4 Å². The number of nitrogens with zero attached hydrogens (tertiary/aromatic N) is 3. The van der Waals surface area contributed by atoms with Crippen molar-refractivity contribution in [3.05, 3.63) is 23.9 Å². The lowest BCUT2D eigenvalue weighted by Crippen LogP contribution is -2.58. The standard InChI is InChI=1S/C14H23N3O2S/c1-5-13-6-7-14(15-8-13)16-9-11(2)17(12(3)10-16)20(4,18)19/h6-8,11-12H,5,9-10H2,1-4H3/t11-,12+. The van der Waals surface area contributed by atoms with Crippen molar-refractivity contribution in [2.24, 2.45) is 0 Å². The summed E-state index contributed by atoms with van der Waals surface area (Å²) in [6.07, 6.45) is 4.15. The zero-order valence-electron chi connectivity index (χ0n) is 12.6. The van der Waals surface area contributed by atoms with E-state index in [1.54, 1.807) is 4.31 Å². The molecule has 0 aromatic carbocycles. The molecule has 5 nitrogen and oxygen atoms in total. The lowest BCUT2D eigenvalue weighted by molar-refractivity contribution is 0.242. The van der Waals surface area contributed by atoms with E-state index in [4.69, 9.17) is 0 Å². The maximum atomic E-state index is 11.8. The van der Waals surface area contributed by atoms with Crippen molar-refractivity contribution in [3.8, 4) is 0 Å². The van der Waals surface area contributed by atoms with Gasteiger partial charge in [0.05, 0.1) is 6.26 Å². The molecule has 0 spiro atoms. The Hall–Kier alpha value is -1.14. The van der Waals surface area contributed by atoms with Gasteiger partial charge in [0.1, 0.15) is 5.82 Å². The summed E-state index contributed by atoms with van der Waals surface area (Å²) in [4.78, 5) is 6.65. The molecule has 1 aromatic rings. The van der Waals surface area contributed by atoms with Crippen LogP contribution in [0.5, 0.6) is 0 Å². The van der Waals surface area contributed by atoms with Gasteiger partial charge in [-0.25, -0.2) is 13.4 Å². The molecular formula is C14H23N3O2S. The van der Waals surface area contributed by atoms with Crippen molar-refractivity contribution in [3.63, 3.8) is 0 Å². The van der Waals surface area contributed by atoms with Crippen LogP contribution in [0.1, 0.15) is 26.3 Å². The smallest absolute Gasteiger partial charge is 0.211 e. The molecule has 112 valence electrons.